The third kappa shape index (κ3) is 6.18. The van der Waals surface area contributed by atoms with Crippen molar-refractivity contribution in [3.05, 3.63) is 0 Å². The Morgan fingerprint density at radius 2 is 1.56 bits per heavy atom. The molecule has 0 radical (unpaired) electrons. The van der Waals surface area contributed by atoms with Crippen molar-refractivity contribution in [3.8, 4) is 0 Å². The number of hydrogen-bond donors (Lipinski definition) is 2. The van der Waals surface area contributed by atoms with Crippen LogP contribution in [0.5, 0.6) is 0 Å². The number of hydrogen-bond acceptors (Lipinski definition) is 3. The van der Waals surface area contributed by atoms with Crippen LogP contribution in [0.1, 0.15) is 26.7 Å². The van der Waals surface area contributed by atoms with Gasteiger partial charge in [-0.1, -0.05) is 0 Å². The van der Waals surface area contributed by atoms with Gasteiger partial charge in [0.25, 0.3) is 0 Å². The molecule has 0 aromatic rings. The van der Waals surface area contributed by atoms with E-state index in [0.717, 1.165) is 53.9 Å². The van der Waals surface area contributed by atoms with Crippen molar-refractivity contribution in [2.24, 2.45) is 11.8 Å². The van der Waals surface area contributed by atoms with Gasteiger partial charge in [0.15, 0.2) is 0 Å². The van der Waals surface area contributed by atoms with Gasteiger partial charge in [-0.05, 0) is 0 Å². The van der Waals surface area contributed by atoms with Crippen LogP contribution >= 0.6 is 0 Å². The van der Waals surface area contributed by atoms with Gasteiger partial charge in [-0.3, -0.25) is 0 Å². The predicted molar refractivity (Wildman–Crippen MR) is 69.8 cm³/mol. The molecule has 100 valence electrons. The van der Waals surface area contributed by atoms with Crippen LogP contribution in [0.4, 0.5) is 0 Å². The number of rotatable bonds is 10. The Kier molecular flexibility index (Phi) is 9.73. The fourth-order valence-electron chi connectivity index (χ4n) is 2.24. The van der Waals surface area contributed by atoms with Crippen LogP contribution in [-0.4, -0.2) is 74.6 Å². The summed E-state index contributed by atoms with van der Waals surface area (Å²) < 4.78 is 0.702. The van der Waals surface area contributed by atoms with Crippen LogP contribution in [0.3, 0.4) is 0 Å². The molecule has 0 amide bonds. The zero-order valence-electron chi connectivity index (χ0n) is 11.6. The van der Waals surface area contributed by atoms with Gasteiger partial charge in [0.05, 0.1) is 0 Å². The normalized spacial score (nSPS) is 13.0. The van der Waals surface area contributed by atoms with E-state index in [1.807, 2.05) is 0 Å². The zero-order valence-corrected chi connectivity index (χ0v) is 13.6. The van der Waals surface area contributed by atoms with E-state index >= 15 is 0 Å². The first-order valence-electron chi connectivity index (χ1n) is 6.65. The van der Waals surface area contributed by atoms with Gasteiger partial charge in [0.2, 0.25) is 0 Å². The molecule has 2 N–H and O–H groups in total. The number of carboxylic acids is 2. The maximum absolute atomic E-state index is 11.1. The number of nitrogens with zero attached hydrogens (tertiary/aromatic N) is 1. The van der Waals surface area contributed by atoms with Gasteiger partial charge < -0.3 is 0 Å². The van der Waals surface area contributed by atoms with Crippen molar-refractivity contribution in [2.45, 2.75) is 30.4 Å². The molecule has 0 fully saturated rings. The molecule has 0 spiro atoms. The Labute approximate surface area is 126 Å². The van der Waals surface area contributed by atoms with Crippen LogP contribution in [0.2, 0.25) is 3.67 Å². The summed E-state index contributed by atoms with van der Waals surface area (Å²) in [6, 6.07) is 0. The van der Waals surface area contributed by atoms with Crippen LogP contribution in [0, 0.1) is 11.8 Å². The van der Waals surface area contributed by atoms with Crippen molar-refractivity contribution >= 4 is 39.9 Å². The minimum atomic E-state index is -1.27. The van der Waals surface area contributed by atoms with E-state index in [1.54, 1.807) is 0 Å². The first-order chi connectivity index (χ1) is 8.47. The Morgan fingerprint density at radius 1 is 1.11 bits per heavy atom. The van der Waals surface area contributed by atoms with Crippen molar-refractivity contribution in [1.82, 2.24) is 4.90 Å². The summed E-state index contributed by atoms with van der Waals surface area (Å²) >= 11 is 0.822. The van der Waals surface area contributed by atoms with E-state index in [1.165, 1.54) is 0 Å². The molecule has 0 aliphatic heterocycles. The summed E-state index contributed by atoms with van der Waals surface area (Å²) in [7, 11) is 0. The second-order valence-corrected chi connectivity index (χ2v) is 5.44. The summed E-state index contributed by atoms with van der Waals surface area (Å²) in [5.41, 5.74) is 0. The molecular weight excluding hydrogens is 245 g/mol. The topological polar surface area (TPSA) is 77.8 Å². The monoisotopic (exact) mass is 267 g/mol. The Balaban J connectivity index is 4.72. The second-order valence-electron chi connectivity index (χ2n) is 4.62. The number of aliphatic carboxylic acids is 2. The van der Waals surface area contributed by atoms with Gasteiger partial charge in [-0.2, -0.15) is 0 Å². The molecule has 18 heavy (non-hydrogen) atoms. The summed E-state index contributed by atoms with van der Waals surface area (Å²) in [4.78, 5) is 24.3. The number of carbonyl (C=O) groups is 2. The SMILES string of the molecule is CCCN(CCC)CC([CH2][Na])C(C(=O)O)C(=O)O. The van der Waals surface area contributed by atoms with Crippen LogP contribution in [0.15, 0.2) is 0 Å². The number of carboxylic acid groups (broad SMARTS) is 2. The van der Waals surface area contributed by atoms with Gasteiger partial charge in [-0.15, -0.1) is 0 Å². The van der Waals surface area contributed by atoms with E-state index < -0.39 is 17.9 Å². The van der Waals surface area contributed by atoms with Crippen LogP contribution in [-0.2, 0) is 9.59 Å². The molecule has 0 heterocycles. The fourth-order valence-corrected chi connectivity index (χ4v) is 2.97. The predicted octanol–water partition coefficient (Wildman–Crippen LogP) is 1.10. The molecule has 1 unspecified atom stereocenters. The first kappa shape index (κ1) is 17.9. The van der Waals surface area contributed by atoms with Gasteiger partial charge in [-0.25, -0.2) is 0 Å². The summed E-state index contributed by atoms with van der Waals surface area (Å²) in [5, 5.41) is 18.1. The third-order valence-corrected chi connectivity index (χ3v) is 4.15. The average molecular weight is 267 g/mol. The molecule has 1 atom stereocenters. The summed E-state index contributed by atoms with van der Waals surface area (Å²) in [5.74, 6) is -3.96. The van der Waals surface area contributed by atoms with Crippen molar-refractivity contribution in [2.75, 3.05) is 19.6 Å². The minimum absolute atomic E-state index is 0.273. The van der Waals surface area contributed by atoms with E-state index in [0.29, 0.717) is 10.2 Å². The zero-order chi connectivity index (χ0) is 14.1. The standard InChI is InChI=1S/C12H22NO4.Na/c1-4-6-13(7-5-2)8-9(3)10(11(14)15)12(16)17;/h9-10H,3-8H2,1-2H3,(H,14,15)(H,16,17);. The maximum atomic E-state index is 11.1. The average Bonchev–Trinajstić information content (AvgIpc) is 2.27. The molecule has 0 bridgehead atoms. The molecule has 6 heteroatoms. The van der Waals surface area contributed by atoms with Gasteiger partial charge >= 0.3 is 126 Å². The molecule has 0 saturated carbocycles. The molecule has 0 aromatic heterocycles. The second kappa shape index (κ2) is 9.78. The molecule has 0 aliphatic rings. The molecule has 0 aliphatic carbocycles. The van der Waals surface area contributed by atoms with Crippen LogP contribution in [0.25, 0.3) is 0 Å². The molecule has 5 nitrogen and oxygen atoms in total. The Morgan fingerprint density at radius 3 is 1.83 bits per heavy atom. The third-order valence-electron chi connectivity index (χ3n) is 3.10. The van der Waals surface area contributed by atoms with E-state index in [2.05, 4.69) is 18.7 Å². The van der Waals surface area contributed by atoms with Crippen molar-refractivity contribution in [3.63, 3.8) is 0 Å². The molecule has 0 saturated heterocycles. The van der Waals surface area contributed by atoms with Crippen molar-refractivity contribution < 1.29 is 19.8 Å². The van der Waals surface area contributed by atoms with E-state index in [4.69, 9.17) is 10.2 Å². The van der Waals surface area contributed by atoms with Crippen LogP contribution < -0.4 is 0 Å². The van der Waals surface area contributed by atoms with Crippen molar-refractivity contribution in [1.29, 1.82) is 0 Å². The molecular formula is C12H22NNaO4. The fraction of sp³-hybridized carbons (Fsp3) is 0.833. The quantitative estimate of drug-likeness (QED) is 0.458. The molecule has 0 rings (SSSR count). The Bertz CT molecular complexity index is 253. The summed E-state index contributed by atoms with van der Waals surface area (Å²) in [6.07, 6.45) is 2.00. The molecule has 0 aromatic carbocycles. The first-order valence-corrected chi connectivity index (χ1v) is 8.07. The summed E-state index contributed by atoms with van der Waals surface area (Å²) in [6.45, 7) is 6.53. The van der Waals surface area contributed by atoms with E-state index in [-0.39, 0.29) is 5.92 Å². The van der Waals surface area contributed by atoms with E-state index in [9.17, 15) is 9.59 Å². The van der Waals surface area contributed by atoms with Gasteiger partial charge in [0, 0.05) is 0 Å². The van der Waals surface area contributed by atoms with Gasteiger partial charge in [0.1, 0.15) is 0 Å². The Hall–Kier alpha value is -0.100.